The van der Waals surface area contributed by atoms with Crippen LogP contribution in [0, 0.1) is 5.92 Å². The Morgan fingerprint density at radius 1 is 1.21 bits per heavy atom. The molecule has 1 aromatic heterocycles. The topological polar surface area (TPSA) is 71.5 Å². The van der Waals surface area contributed by atoms with Gasteiger partial charge in [-0.2, -0.15) is 0 Å². The van der Waals surface area contributed by atoms with Gasteiger partial charge in [0.05, 0.1) is 17.9 Å². The average Bonchev–Trinajstić information content (AvgIpc) is 2.62. The van der Waals surface area contributed by atoms with E-state index in [-0.39, 0.29) is 17.9 Å². The molecule has 1 fully saturated rings. The van der Waals surface area contributed by atoms with Gasteiger partial charge in [-0.3, -0.25) is 9.78 Å². The molecule has 3 rings (SSSR count). The maximum atomic E-state index is 12.5. The molecular weight excluding hydrogens is 304 g/mol. The summed E-state index contributed by atoms with van der Waals surface area (Å²) < 4.78 is 5.77. The molecule has 0 saturated heterocycles. The third-order valence-electron chi connectivity index (χ3n) is 4.39. The van der Waals surface area contributed by atoms with Gasteiger partial charge < -0.3 is 15.2 Å². The number of aliphatic hydroxyl groups is 1. The van der Waals surface area contributed by atoms with Crippen molar-refractivity contribution in [3.63, 3.8) is 0 Å². The summed E-state index contributed by atoms with van der Waals surface area (Å²) in [6, 6.07) is 10.7. The van der Waals surface area contributed by atoms with Gasteiger partial charge in [0.25, 0.3) is 5.91 Å². The number of rotatable bonds is 5. The van der Waals surface area contributed by atoms with Crippen molar-refractivity contribution in [2.45, 2.75) is 31.8 Å². The average molecular weight is 326 g/mol. The first-order valence-electron chi connectivity index (χ1n) is 8.37. The summed E-state index contributed by atoms with van der Waals surface area (Å²) >= 11 is 0. The zero-order chi connectivity index (χ0) is 16.8. The lowest BCUT2D eigenvalue weighted by Gasteiger charge is -2.27. The zero-order valence-electron chi connectivity index (χ0n) is 13.5. The largest absolute Gasteiger partial charge is 0.455 e. The monoisotopic (exact) mass is 326 g/mol. The first-order chi connectivity index (χ1) is 11.7. The minimum Gasteiger partial charge on any atom is -0.455 e. The van der Waals surface area contributed by atoms with E-state index < -0.39 is 0 Å². The van der Waals surface area contributed by atoms with Crippen molar-refractivity contribution in [3.8, 4) is 11.5 Å². The van der Waals surface area contributed by atoms with Gasteiger partial charge >= 0.3 is 0 Å². The summed E-state index contributed by atoms with van der Waals surface area (Å²) in [5.74, 6) is 1.02. The van der Waals surface area contributed by atoms with E-state index >= 15 is 0 Å². The number of amides is 1. The van der Waals surface area contributed by atoms with E-state index in [1.807, 2.05) is 6.07 Å². The molecule has 0 radical (unpaired) electrons. The molecule has 24 heavy (non-hydrogen) atoms. The van der Waals surface area contributed by atoms with Crippen molar-refractivity contribution in [3.05, 3.63) is 54.4 Å². The van der Waals surface area contributed by atoms with Gasteiger partial charge in [0.15, 0.2) is 0 Å². The molecule has 2 N–H and O–H groups in total. The van der Waals surface area contributed by atoms with Crippen LogP contribution < -0.4 is 10.1 Å². The quantitative estimate of drug-likeness (QED) is 0.885. The summed E-state index contributed by atoms with van der Waals surface area (Å²) in [5.41, 5.74) is 0.478. The van der Waals surface area contributed by atoms with Crippen LogP contribution in [-0.2, 0) is 0 Å². The summed E-state index contributed by atoms with van der Waals surface area (Å²) in [6.45, 7) is 0.487. The lowest BCUT2D eigenvalue weighted by molar-refractivity contribution is 0.0662. The molecule has 5 heteroatoms. The minimum atomic E-state index is -0.319. The number of benzene rings is 1. The van der Waals surface area contributed by atoms with E-state index in [4.69, 9.17) is 4.74 Å². The molecule has 1 aliphatic carbocycles. The molecule has 0 unspecified atom stereocenters. The molecule has 1 heterocycles. The van der Waals surface area contributed by atoms with Crippen LogP contribution in [0.1, 0.15) is 36.0 Å². The maximum absolute atomic E-state index is 12.5. The van der Waals surface area contributed by atoms with Crippen LogP contribution in [0.4, 0.5) is 0 Å². The van der Waals surface area contributed by atoms with Crippen molar-refractivity contribution in [2.75, 3.05) is 6.54 Å². The van der Waals surface area contributed by atoms with Gasteiger partial charge in [-0.1, -0.05) is 25.0 Å². The number of nitrogens with one attached hydrogen (secondary N) is 1. The smallest absolute Gasteiger partial charge is 0.255 e. The van der Waals surface area contributed by atoms with Crippen LogP contribution in [0.25, 0.3) is 0 Å². The van der Waals surface area contributed by atoms with Crippen molar-refractivity contribution in [1.29, 1.82) is 0 Å². The van der Waals surface area contributed by atoms with Gasteiger partial charge in [-0.25, -0.2) is 0 Å². The van der Waals surface area contributed by atoms with E-state index in [1.54, 1.807) is 42.7 Å². The molecular formula is C19H22N2O3. The predicted molar refractivity (Wildman–Crippen MR) is 91.1 cm³/mol. The number of ether oxygens (including phenoxy) is 1. The Balaban J connectivity index is 1.66. The highest BCUT2D eigenvalue weighted by Gasteiger charge is 2.24. The fraction of sp³-hybridized carbons (Fsp3) is 0.368. The molecule has 1 amide bonds. The van der Waals surface area contributed by atoms with Gasteiger partial charge in [0.2, 0.25) is 0 Å². The lowest BCUT2D eigenvalue weighted by Crippen LogP contribution is -2.36. The predicted octanol–water partition coefficient (Wildman–Crippen LogP) is 3.15. The lowest BCUT2D eigenvalue weighted by atomic mass is 9.86. The minimum absolute atomic E-state index is 0.133. The van der Waals surface area contributed by atoms with Crippen molar-refractivity contribution in [2.24, 2.45) is 5.92 Å². The molecule has 1 aliphatic rings. The zero-order valence-corrected chi connectivity index (χ0v) is 13.5. The van der Waals surface area contributed by atoms with Gasteiger partial charge in [0, 0.05) is 18.7 Å². The fourth-order valence-corrected chi connectivity index (χ4v) is 3.02. The summed E-state index contributed by atoms with van der Waals surface area (Å²) in [7, 11) is 0. The Hall–Kier alpha value is -2.40. The SMILES string of the molecule is O=C(NC[C@@H]1CCCC[C@H]1O)c1ccccc1Oc1cccnc1. The second kappa shape index (κ2) is 7.93. The number of nitrogens with zero attached hydrogens (tertiary/aromatic N) is 1. The summed E-state index contributed by atoms with van der Waals surface area (Å²) in [4.78, 5) is 16.5. The number of hydrogen-bond donors (Lipinski definition) is 2. The standard InChI is InChI=1S/C19H22N2O3/c22-17-9-3-1-6-14(17)12-21-19(23)16-8-2-4-10-18(16)24-15-7-5-11-20-13-15/h2,4-5,7-8,10-11,13-14,17,22H,1,3,6,9,12H2,(H,21,23)/t14-,17+/m0/s1. The number of carbonyl (C=O) groups excluding carboxylic acids is 1. The highest BCUT2D eigenvalue weighted by atomic mass is 16.5. The molecule has 0 spiro atoms. The third-order valence-corrected chi connectivity index (χ3v) is 4.39. The van der Waals surface area contributed by atoms with E-state index in [2.05, 4.69) is 10.3 Å². The number of carbonyl (C=O) groups is 1. The molecule has 1 aromatic carbocycles. The Morgan fingerprint density at radius 2 is 2.04 bits per heavy atom. The second-order valence-electron chi connectivity index (χ2n) is 6.11. The Kier molecular flexibility index (Phi) is 5.43. The van der Waals surface area contributed by atoms with Crippen LogP contribution in [0.2, 0.25) is 0 Å². The number of para-hydroxylation sites is 1. The van der Waals surface area contributed by atoms with Crippen molar-refractivity contribution < 1.29 is 14.6 Å². The second-order valence-corrected chi connectivity index (χ2v) is 6.11. The van der Waals surface area contributed by atoms with Gasteiger partial charge in [0.1, 0.15) is 11.5 Å². The van der Waals surface area contributed by atoms with Crippen LogP contribution in [0.5, 0.6) is 11.5 Å². The number of aliphatic hydroxyl groups excluding tert-OH is 1. The summed E-state index contributed by atoms with van der Waals surface area (Å²) in [6.07, 6.45) is 6.90. The van der Waals surface area contributed by atoms with Crippen LogP contribution in [0.3, 0.4) is 0 Å². The van der Waals surface area contributed by atoms with Gasteiger partial charge in [-0.15, -0.1) is 0 Å². The number of aromatic nitrogens is 1. The van der Waals surface area contributed by atoms with E-state index in [1.165, 1.54) is 0 Å². The molecule has 0 bridgehead atoms. The van der Waals surface area contributed by atoms with E-state index in [0.717, 1.165) is 25.7 Å². The van der Waals surface area contributed by atoms with E-state index in [0.29, 0.717) is 23.6 Å². The molecule has 1 saturated carbocycles. The number of pyridine rings is 1. The molecule has 0 aliphatic heterocycles. The first kappa shape index (κ1) is 16.5. The highest BCUT2D eigenvalue weighted by Crippen LogP contribution is 2.26. The summed E-state index contributed by atoms with van der Waals surface area (Å²) in [5, 5.41) is 12.9. The Morgan fingerprint density at radius 3 is 2.83 bits per heavy atom. The van der Waals surface area contributed by atoms with Crippen molar-refractivity contribution in [1.82, 2.24) is 10.3 Å². The Bertz CT molecular complexity index is 675. The molecule has 2 atom stereocenters. The highest BCUT2D eigenvalue weighted by molar-refractivity contribution is 5.97. The molecule has 5 nitrogen and oxygen atoms in total. The van der Waals surface area contributed by atoms with Crippen LogP contribution >= 0.6 is 0 Å². The fourth-order valence-electron chi connectivity index (χ4n) is 3.02. The van der Waals surface area contributed by atoms with Gasteiger partial charge in [-0.05, 0) is 37.1 Å². The molecule has 2 aromatic rings. The first-order valence-corrected chi connectivity index (χ1v) is 8.37. The number of hydrogen-bond acceptors (Lipinski definition) is 4. The third kappa shape index (κ3) is 4.11. The van der Waals surface area contributed by atoms with Crippen molar-refractivity contribution >= 4 is 5.91 Å². The Labute approximate surface area is 141 Å². The van der Waals surface area contributed by atoms with Crippen LogP contribution in [0.15, 0.2) is 48.8 Å². The van der Waals surface area contributed by atoms with E-state index in [9.17, 15) is 9.90 Å². The maximum Gasteiger partial charge on any atom is 0.255 e. The molecule has 126 valence electrons. The van der Waals surface area contributed by atoms with Crippen LogP contribution in [-0.4, -0.2) is 28.6 Å². The normalized spacial score (nSPS) is 20.4.